The molecule has 2 aliphatic heterocycles. The molecule has 2 fully saturated rings. The number of carbonyl (C=O) groups is 2. The zero-order chi connectivity index (χ0) is 20.2. The van der Waals surface area contributed by atoms with Gasteiger partial charge in [0, 0.05) is 6.07 Å². The van der Waals surface area contributed by atoms with E-state index in [1.165, 1.54) is 9.80 Å². The molecule has 2 aliphatic rings. The maximum absolute atomic E-state index is 13.1. The molecule has 7 nitrogen and oxygen atoms in total. The summed E-state index contributed by atoms with van der Waals surface area (Å²) in [5, 5.41) is 0. The summed E-state index contributed by atoms with van der Waals surface area (Å²) in [4.78, 5) is 33.8. The highest BCUT2D eigenvalue weighted by molar-refractivity contribution is 6.21. The largest absolute Gasteiger partial charge is 0.494 e. The van der Waals surface area contributed by atoms with E-state index >= 15 is 0 Å². The van der Waals surface area contributed by atoms with E-state index in [0.717, 1.165) is 44.2 Å². The Balaban J connectivity index is 1.39. The number of piperazine rings is 1. The van der Waals surface area contributed by atoms with E-state index in [4.69, 9.17) is 4.74 Å². The number of imide groups is 1. The second-order valence-corrected chi connectivity index (χ2v) is 7.56. The topological polar surface area (TPSA) is 68.4 Å². The van der Waals surface area contributed by atoms with Gasteiger partial charge in [0.2, 0.25) is 5.91 Å². The van der Waals surface area contributed by atoms with Crippen LogP contribution in [0, 0.1) is 0 Å². The standard InChI is InChI=1S/C22H26N4O3/c1-2-15-29-18-8-6-17(7-9-18)26-21(27)16-19(22(26)28)24-11-13-25(14-12-24)20-5-3-4-10-23-20/h3-10,19H,2,11-16H2,1H3/p+2/t19-/m1/s1. The smallest absolute Gasteiger partial charge is 0.292 e. The van der Waals surface area contributed by atoms with Crippen molar-refractivity contribution in [2.24, 2.45) is 0 Å². The predicted molar refractivity (Wildman–Crippen MR) is 109 cm³/mol. The second-order valence-electron chi connectivity index (χ2n) is 7.56. The third kappa shape index (κ3) is 4.10. The van der Waals surface area contributed by atoms with Crippen molar-refractivity contribution in [2.75, 3.05) is 42.6 Å². The number of ether oxygens (including phenoxy) is 1. The predicted octanol–water partition coefficient (Wildman–Crippen LogP) is 0.327. The number of quaternary nitrogens is 1. The van der Waals surface area contributed by atoms with Gasteiger partial charge in [-0.1, -0.05) is 13.0 Å². The Hall–Kier alpha value is -2.93. The van der Waals surface area contributed by atoms with Crippen molar-refractivity contribution in [2.45, 2.75) is 25.8 Å². The van der Waals surface area contributed by atoms with Crippen LogP contribution in [0.5, 0.6) is 5.75 Å². The summed E-state index contributed by atoms with van der Waals surface area (Å²) in [5.41, 5.74) is 0.628. The average molecular weight is 396 g/mol. The summed E-state index contributed by atoms with van der Waals surface area (Å²) in [5.74, 6) is 1.64. The number of amides is 2. The summed E-state index contributed by atoms with van der Waals surface area (Å²) < 4.78 is 5.59. The Kier molecular flexibility index (Phi) is 5.76. The van der Waals surface area contributed by atoms with Gasteiger partial charge in [-0.2, -0.15) is 0 Å². The summed E-state index contributed by atoms with van der Waals surface area (Å²) in [6.45, 7) is 6.10. The molecule has 2 saturated heterocycles. The van der Waals surface area contributed by atoms with Crippen LogP contribution in [0.4, 0.5) is 11.5 Å². The molecule has 152 valence electrons. The normalized spacial score (nSPS) is 20.4. The fourth-order valence-corrected chi connectivity index (χ4v) is 4.10. The minimum absolute atomic E-state index is 0.0908. The Bertz CT molecular complexity index is 848. The molecule has 29 heavy (non-hydrogen) atoms. The highest BCUT2D eigenvalue weighted by Gasteiger charge is 2.47. The minimum Gasteiger partial charge on any atom is -0.494 e. The zero-order valence-electron chi connectivity index (χ0n) is 16.8. The molecule has 0 saturated carbocycles. The molecule has 7 heteroatoms. The van der Waals surface area contributed by atoms with Crippen LogP contribution in [0.1, 0.15) is 19.8 Å². The maximum atomic E-state index is 13.1. The summed E-state index contributed by atoms with van der Waals surface area (Å²) in [7, 11) is 0. The minimum atomic E-state index is -0.291. The van der Waals surface area contributed by atoms with Crippen molar-refractivity contribution in [3.8, 4) is 5.75 Å². The van der Waals surface area contributed by atoms with E-state index in [1.807, 2.05) is 30.5 Å². The quantitative estimate of drug-likeness (QED) is 0.715. The molecule has 2 aromatic rings. The first kappa shape index (κ1) is 19.4. The van der Waals surface area contributed by atoms with Crippen LogP contribution in [0.25, 0.3) is 0 Å². The summed E-state index contributed by atoms with van der Waals surface area (Å²) in [6, 6.07) is 13.0. The fourth-order valence-electron chi connectivity index (χ4n) is 4.10. The lowest BCUT2D eigenvalue weighted by Crippen LogP contribution is -3.19. The lowest BCUT2D eigenvalue weighted by Gasteiger charge is -2.31. The molecule has 3 heterocycles. The van der Waals surface area contributed by atoms with Gasteiger partial charge < -0.3 is 9.64 Å². The van der Waals surface area contributed by atoms with Crippen molar-refractivity contribution in [1.29, 1.82) is 0 Å². The molecule has 1 aromatic heterocycles. The number of H-pyrrole nitrogens is 1. The molecule has 4 rings (SSSR count). The molecule has 1 aromatic carbocycles. The molecule has 2 N–H and O–H groups in total. The number of aromatic nitrogens is 1. The fraction of sp³-hybridized carbons (Fsp3) is 0.409. The van der Waals surface area contributed by atoms with Crippen LogP contribution < -0.4 is 24.4 Å². The first-order valence-electron chi connectivity index (χ1n) is 10.3. The highest BCUT2D eigenvalue weighted by Crippen LogP contribution is 2.24. The molecular weight excluding hydrogens is 368 g/mol. The highest BCUT2D eigenvalue weighted by atomic mass is 16.5. The van der Waals surface area contributed by atoms with Crippen LogP contribution in [0.3, 0.4) is 0 Å². The van der Waals surface area contributed by atoms with Crippen molar-refractivity contribution in [1.82, 2.24) is 0 Å². The lowest BCUT2D eigenvalue weighted by atomic mass is 10.1. The van der Waals surface area contributed by atoms with E-state index in [0.29, 0.717) is 12.3 Å². The van der Waals surface area contributed by atoms with Crippen LogP contribution in [-0.2, 0) is 9.59 Å². The number of rotatable bonds is 6. The number of hydrogen-bond donors (Lipinski definition) is 1. The third-order valence-corrected chi connectivity index (χ3v) is 5.65. The lowest BCUT2D eigenvalue weighted by molar-refractivity contribution is -0.915. The number of hydrogen-bond acceptors (Lipinski definition) is 4. The third-order valence-electron chi connectivity index (χ3n) is 5.65. The van der Waals surface area contributed by atoms with Gasteiger partial charge in [-0.15, -0.1) is 0 Å². The molecule has 2 amide bonds. The van der Waals surface area contributed by atoms with Gasteiger partial charge in [0.25, 0.3) is 11.7 Å². The molecule has 0 spiro atoms. The van der Waals surface area contributed by atoms with Crippen LogP contribution in [-0.4, -0.2) is 50.6 Å². The SMILES string of the molecule is CCCOc1ccc(N2C(=O)C[C@@H]([NH+]3CCN(c4cccc[nH+]4)CC3)C2=O)cc1. The van der Waals surface area contributed by atoms with Crippen molar-refractivity contribution in [3.05, 3.63) is 48.7 Å². The number of anilines is 2. The number of aromatic amines is 1. The first-order chi connectivity index (χ1) is 14.2. The van der Waals surface area contributed by atoms with Gasteiger partial charge in [-0.25, -0.2) is 9.88 Å². The van der Waals surface area contributed by atoms with Gasteiger partial charge in [-0.05, 0) is 36.8 Å². The van der Waals surface area contributed by atoms with Gasteiger partial charge in [-0.3, -0.25) is 14.5 Å². The van der Waals surface area contributed by atoms with Gasteiger partial charge in [0.1, 0.15) is 31.9 Å². The Labute approximate surface area is 170 Å². The first-order valence-corrected chi connectivity index (χ1v) is 10.3. The zero-order valence-corrected chi connectivity index (χ0v) is 16.8. The molecule has 0 radical (unpaired) electrons. The summed E-state index contributed by atoms with van der Waals surface area (Å²) in [6.07, 6.45) is 3.13. The van der Waals surface area contributed by atoms with E-state index in [9.17, 15) is 9.59 Å². The molecule has 1 atom stereocenters. The molecule has 0 unspecified atom stereocenters. The van der Waals surface area contributed by atoms with Crippen molar-refractivity contribution < 1.29 is 24.2 Å². The van der Waals surface area contributed by atoms with Gasteiger partial charge in [0.15, 0.2) is 6.04 Å². The summed E-state index contributed by atoms with van der Waals surface area (Å²) >= 11 is 0. The van der Waals surface area contributed by atoms with Gasteiger partial charge in [0.05, 0.1) is 24.9 Å². The Morgan fingerprint density at radius 3 is 2.52 bits per heavy atom. The van der Waals surface area contributed by atoms with Crippen LogP contribution >= 0.6 is 0 Å². The number of nitrogens with one attached hydrogen (secondary N) is 2. The number of pyridine rings is 1. The maximum Gasteiger partial charge on any atom is 0.292 e. The number of benzene rings is 1. The second kappa shape index (κ2) is 8.61. The number of nitrogens with zero attached hydrogens (tertiary/aromatic N) is 2. The van der Waals surface area contributed by atoms with E-state index in [-0.39, 0.29) is 24.3 Å². The van der Waals surface area contributed by atoms with E-state index < -0.39 is 0 Å². The Morgan fingerprint density at radius 1 is 1.10 bits per heavy atom. The van der Waals surface area contributed by atoms with E-state index in [1.54, 1.807) is 12.1 Å². The van der Waals surface area contributed by atoms with Crippen LogP contribution in [0.2, 0.25) is 0 Å². The van der Waals surface area contributed by atoms with E-state index in [2.05, 4.69) is 22.9 Å². The molecular formula is C22H28N4O3+2. The number of carbonyl (C=O) groups excluding carboxylic acids is 2. The van der Waals surface area contributed by atoms with Crippen molar-refractivity contribution in [3.63, 3.8) is 0 Å². The monoisotopic (exact) mass is 396 g/mol. The van der Waals surface area contributed by atoms with Crippen LogP contribution in [0.15, 0.2) is 48.7 Å². The average Bonchev–Trinajstić information content (AvgIpc) is 3.07. The van der Waals surface area contributed by atoms with Crippen molar-refractivity contribution >= 4 is 23.3 Å². The Morgan fingerprint density at radius 2 is 1.86 bits per heavy atom. The van der Waals surface area contributed by atoms with Gasteiger partial charge >= 0.3 is 0 Å². The molecule has 0 bridgehead atoms. The molecule has 0 aliphatic carbocycles.